The van der Waals surface area contributed by atoms with Gasteiger partial charge in [0.2, 0.25) is 15.9 Å². The summed E-state index contributed by atoms with van der Waals surface area (Å²) < 4.78 is 26.9. The summed E-state index contributed by atoms with van der Waals surface area (Å²) in [7, 11) is -3.74. The van der Waals surface area contributed by atoms with E-state index < -0.39 is 10.0 Å². The molecular weight excluding hydrogens is 352 g/mol. The highest BCUT2D eigenvalue weighted by atomic mass is 32.2. The Morgan fingerprint density at radius 1 is 1.15 bits per heavy atom. The number of benzene rings is 1. The number of hydrogen-bond donors (Lipinski definition) is 2. The van der Waals surface area contributed by atoms with E-state index in [1.165, 1.54) is 43.5 Å². The van der Waals surface area contributed by atoms with E-state index in [4.69, 9.17) is 0 Å². The van der Waals surface area contributed by atoms with Crippen molar-refractivity contribution < 1.29 is 18.0 Å². The summed E-state index contributed by atoms with van der Waals surface area (Å²) in [6.45, 7) is 1.98. The van der Waals surface area contributed by atoms with Crippen LogP contribution >= 0.6 is 0 Å². The number of rotatable bonds is 9. The predicted octanol–water partition coefficient (Wildman–Crippen LogP) is 2.56. The molecule has 0 heterocycles. The van der Waals surface area contributed by atoms with Gasteiger partial charge in [-0.1, -0.05) is 23.8 Å². The minimum Gasteiger partial charge on any atom is -0.356 e. The highest BCUT2D eigenvalue weighted by Gasteiger charge is 2.15. The van der Waals surface area contributed by atoms with Crippen LogP contribution in [0.3, 0.4) is 0 Å². The molecule has 0 aliphatic heterocycles. The van der Waals surface area contributed by atoms with Crippen LogP contribution in [-0.2, 0) is 14.8 Å². The Balaban J connectivity index is 1.75. The number of allylic oxidation sites excluding steroid dienone is 1. The van der Waals surface area contributed by atoms with Gasteiger partial charge >= 0.3 is 0 Å². The van der Waals surface area contributed by atoms with Crippen LogP contribution in [0.1, 0.15) is 55.8 Å². The average Bonchev–Trinajstić information content (AvgIpc) is 2.62. The van der Waals surface area contributed by atoms with Crippen molar-refractivity contribution >= 4 is 21.7 Å². The molecule has 0 atom stereocenters. The minimum absolute atomic E-state index is 0.0150. The molecule has 7 heteroatoms. The van der Waals surface area contributed by atoms with E-state index in [0.717, 1.165) is 19.3 Å². The first kappa shape index (κ1) is 20.3. The lowest BCUT2D eigenvalue weighted by Gasteiger charge is -2.13. The third-order valence-corrected chi connectivity index (χ3v) is 5.81. The number of ketones is 1. The largest absolute Gasteiger partial charge is 0.356 e. The van der Waals surface area contributed by atoms with Gasteiger partial charge in [0.25, 0.3) is 0 Å². The van der Waals surface area contributed by atoms with Crippen LogP contribution < -0.4 is 10.0 Å². The van der Waals surface area contributed by atoms with Crippen molar-refractivity contribution in [3.63, 3.8) is 0 Å². The van der Waals surface area contributed by atoms with Crippen LogP contribution in [0, 0.1) is 0 Å². The molecular formula is C19H26N2O4S. The molecule has 0 unspecified atom stereocenters. The Morgan fingerprint density at radius 2 is 1.96 bits per heavy atom. The minimum atomic E-state index is -3.74. The number of carbonyl (C=O) groups excluding carboxylic acids is 2. The molecule has 0 fully saturated rings. The first-order valence-corrected chi connectivity index (χ1v) is 10.4. The summed E-state index contributed by atoms with van der Waals surface area (Å²) in [4.78, 5) is 23.2. The van der Waals surface area contributed by atoms with Gasteiger partial charge in [-0.2, -0.15) is 0 Å². The fraction of sp³-hybridized carbons (Fsp3) is 0.474. The first-order chi connectivity index (χ1) is 12.4. The second-order valence-corrected chi connectivity index (χ2v) is 8.21. The van der Waals surface area contributed by atoms with Crippen LogP contribution in [0.25, 0.3) is 0 Å². The number of amides is 1. The average molecular weight is 378 g/mol. The summed E-state index contributed by atoms with van der Waals surface area (Å²) >= 11 is 0. The number of sulfonamides is 1. The van der Waals surface area contributed by atoms with Gasteiger partial charge in [0.05, 0.1) is 4.90 Å². The SMILES string of the molecule is CC(=O)c1cccc(S(=O)(=O)NCCC(=O)NCCC2=CCCCC2)c1. The normalized spacial score (nSPS) is 14.6. The highest BCUT2D eigenvalue weighted by Crippen LogP contribution is 2.19. The molecule has 26 heavy (non-hydrogen) atoms. The second kappa shape index (κ2) is 9.64. The Kier molecular flexibility index (Phi) is 7.53. The van der Waals surface area contributed by atoms with Crippen molar-refractivity contribution in [3.8, 4) is 0 Å². The van der Waals surface area contributed by atoms with Crippen LogP contribution in [0.15, 0.2) is 40.8 Å². The topological polar surface area (TPSA) is 92.3 Å². The van der Waals surface area contributed by atoms with Gasteiger partial charge < -0.3 is 5.32 Å². The predicted molar refractivity (Wildman–Crippen MR) is 100 cm³/mol. The zero-order valence-corrected chi connectivity index (χ0v) is 15.9. The zero-order valence-electron chi connectivity index (χ0n) is 15.1. The van der Waals surface area contributed by atoms with E-state index in [2.05, 4.69) is 16.1 Å². The van der Waals surface area contributed by atoms with Crippen molar-refractivity contribution in [2.45, 2.75) is 50.3 Å². The number of carbonyl (C=O) groups is 2. The quantitative estimate of drug-likeness (QED) is 0.510. The molecule has 0 bridgehead atoms. The Morgan fingerprint density at radius 3 is 2.65 bits per heavy atom. The molecule has 2 N–H and O–H groups in total. The maximum absolute atomic E-state index is 12.2. The molecule has 1 aromatic rings. The maximum atomic E-state index is 12.2. The Labute approximate surface area is 155 Å². The van der Waals surface area contributed by atoms with Crippen molar-refractivity contribution in [1.29, 1.82) is 0 Å². The van der Waals surface area contributed by atoms with Crippen molar-refractivity contribution in [2.24, 2.45) is 0 Å². The summed E-state index contributed by atoms with van der Waals surface area (Å²) in [5.41, 5.74) is 1.73. The van der Waals surface area contributed by atoms with Crippen molar-refractivity contribution in [3.05, 3.63) is 41.5 Å². The number of hydrogen-bond acceptors (Lipinski definition) is 4. The van der Waals surface area contributed by atoms with E-state index in [-0.39, 0.29) is 29.6 Å². The van der Waals surface area contributed by atoms with Crippen LogP contribution in [0.5, 0.6) is 0 Å². The zero-order chi connectivity index (χ0) is 19.0. The van der Waals surface area contributed by atoms with E-state index in [1.807, 2.05) is 0 Å². The fourth-order valence-electron chi connectivity index (χ4n) is 2.85. The molecule has 0 spiro atoms. The van der Waals surface area contributed by atoms with Gasteiger partial charge in [-0.25, -0.2) is 13.1 Å². The van der Waals surface area contributed by atoms with Crippen LogP contribution in [0.2, 0.25) is 0 Å². The third kappa shape index (κ3) is 6.38. The highest BCUT2D eigenvalue weighted by molar-refractivity contribution is 7.89. The molecule has 0 saturated heterocycles. The lowest BCUT2D eigenvalue weighted by atomic mass is 9.97. The van der Waals surface area contributed by atoms with Gasteiger partial charge in [-0.15, -0.1) is 0 Å². The molecule has 142 valence electrons. The Bertz CT molecular complexity index is 784. The van der Waals surface area contributed by atoms with Gasteiger partial charge in [0, 0.05) is 25.1 Å². The summed E-state index contributed by atoms with van der Waals surface area (Å²) in [5.74, 6) is -0.379. The maximum Gasteiger partial charge on any atom is 0.240 e. The van der Waals surface area contributed by atoms with Gasteiger partial charge in [-0.05, 0) is 51.2 Å². The fourth-order valence-corrected chi connectivity index (χ4v) is 3.92. The molecule has 1 amide bonds. The third-order valence-electron chi connectivity index (χ3n) is 4.35. The van der Waals surface area contributed by atoms with Crippen LogP contribution in [0.4, 0.5) is 0 Å². The Hall–Kier alpha value is -1.99. The van der Waals surface area contributed by atoms with Crippen molar-refractivity contribution in [1.82, 2.24) is 10.0 Å². The molecule has 6 nitrogen and oxygen atoms in total. The van der Waals surface area contributed by atoms with E-state index in [9.17, 15) is 18.0 Å². The monoisotopic (exact) mass is 378 g/mol. The number of Topliss-reactive ketones (excluding diaryl/α,β-unsaturated/α-hetero) is 1. The van der Waals surface area contributed by atoms with E-state index in [0.29, 0.717) is 12.1 Å². The van der Waals surface area contributed by atoms with Crippen molar-refractivity contribution in [2.75, 3.05) is 13.1 Å². The van der Waals surface area contributed by atoms with E-state index >= 15 is 0 Å². The smallest absolute Gasteiger partial charge is 0.240 e. The molecule has 0 radical (unpaired) electrons. The van der Waals surface area contributed by atoms with Gasteiger partial charge in [0.1, 0.15) is 0 Å². The van der Waals surface area contributed by atoms with Gasteiger partial charge in [-0.3, -0.25) is 9.59 Å². The summed E-state index contributed by atoms with van der Waals surface area (Å²) in [5, 5.41) is 2.82. The van der Waals surface area contributed by atoms with E-state index in [1.54, 1.807) is 6.07 Å². The standard InChI is InChI=1S/C19H26N2O4S/c1-15(22)17-8-5-9-18(14-17)26(24,25)21-13-11-19(23)20-12-10-16-6-3-2-4-7-16/h5-6,8-9,14,21H,2-4,7,10-13H2,1H3,(H,20,23). The molecule has 1 aliphatic carbocycles. The molecule has 2 rings (SSSR count). The summed E-state index contributed by atoms with van der Waals surface area (Å²) in [6, 6.07) is 5.85. The first-order valence-electron chi connectivity index (χ1n) is 8.94. The lowest BCUT2D eigenvalue weighted by Crippen LogP contribution is -2.31. The van der Waals surface area contributed by atoms with Crippen LogP contribution in [-0.4, -0.2) is 33.2 Å². The summed E-state index contributed by atoms with van der Waals surface area (Å²) in [6.07, 6.45) is 7.86. The molecule has 1 aromatic carbocycles. The lowest BCUT2D eigenvalue weighted by molar-refractivity contribution is -0.120. The number of nitrogens with one attached hydrogen (secondary N) is 2. The second-order valence-electron chi connectivity index (χ2n) is 6.44. The molecule has 0 saturated carbocycles. The molecule has 0 aromatic heterocycles. The molecule has 1 aliphatic rings. The van der Waals surface area contributed by atoms with Gasteiger partial charge in [0.15, 0.2) is 5.78 Å².